The summed E-state index contributed by atoms with van der Waals surface area (Å²) in [6, 6.07) is 5.07. The third-order valence-corrected chi connectivity index (χ3v) is 4.67. The molecule has 3 aromatic rings. The number of hydrazone groups is 1. The lowest BCUT2D eigenvalue weighted by Crippen LogP contribution is -1.95. The fourth-order valence-corrected chi connectivity index (χ4v) is 3.22. The Morgan fingerprint density at radius 2 is 2.13 bits per heavy atom. The largest absolute Gasteiger partial charge is 0.504 e. The number of methoxy groups -OCH3 is 1. The average molecular weight is 328 g/mol. The Labute approximate surface area is 137 Å². The number of nitrogens with one attached hydrogen (secondary N) is 1. The third kappa shape index (κ3) is 2.95. The molecular formula is C16H16N4O2S. The second-order valence-electron chi connectivity index (χ2n) is 4.99. The Bertz CT molecular complexity index is 889. The first-order valence-corrected chi connectivity index (χ1v) is 7.78. The summed E-state index contributed by atoms with van der Waals surface area (Å²) in [5, 5.41) is 14.9. The standard InChI is InChI=1S/C16H16N4O2S/c1-9-10(2)23-16-14(9)15(17-8-18-16)20-19-7-11-4-5-13(22-3)12(21)6-11/h4-8,21H,1-3H3,(H,17,18,20)/b19-7-. The van der Waals surface area contributed by atoms with Gasteiger partial charge < -0.3 is 9.84 Å². The van der Waals surface area contributed by atoms with Gasteiger partial charge in [0.25, 0.3) is 0 Å². The lowest BCUT2D eigenvalue weighted by atomic mass is 10.2. The average Bonchev–Trinajstić information content (AvgIpc) is 2.83. The fraction of sp³-hybridized carbons (Fsp3) is 0.188. The van der Waals surface area contributed by atoms with Gasteiger partial charge >= 0.3 is 0 Å². The summed E-state index contributed by atoms with van der Waals surface area (Å²) < 4.78 is 5.01. The van der Waals surface area contributed by atoms with Crippen LogP contribution in [-0.2, 0) is 0 Å². The maximum absolute atomic E-state index is 9.76. The number of ether oxygens (including phenoxy) is 1. The van der Waals surface area contributed by atoms with Gasteiger partial charge in [-0.3, -0.25) is 5.43 Å². The Hall–Kier alpha value is -2.67. The van der Waals surface area contributed by atoms with Crippen LogP contribution in [0.2, 0.25) is 0 Å². The van der Waals surface area contributed by atoms with Crippen LogP contribution in [0.25, 0.3) is 10.2 Å². The van der Waals surface area contributed by atoms with Crippen molar-refractivity contribution in [1.29, 1.82) is 0 Å². The van der Waals surface area contributed by atoms with Crippen molar-refractivity contribution in [2.24, 2.45) is 5.10 Å². The summed E-state index contributed by atoms with van der Waals surface area (Å²) in [5.74, 6) is 1.17. The van der Waals surface area contributed by atoms with E-state index in [0.717, 1.165) is 21.3 Å². The second kappa shape index (κ2) is 6.21. The monoisotopic (exact) mass is 328 g/mol. The zero-order chi connectivity index (χ0) is 16.4. The zero-order valence-electron chi connectivity index (χ0n) is 13.0. The molecule has 0 atom stereocenters. The van der Waals surface area contributed by atoms with Crippen molar-refractivity contribution < 1.29 is 9.84 Å². The van der Waals surface area contributed by atoms with E-state index >= 15 is 0 Å². The van der Waals surface area contributed by atoms with E-state index in [-0.39, 0.29) is 5.75 Å². The smallest absolute Gasteiger partial charge is 0.160 e. The van der Waals surface area contributed by atoms with Crippen LogP contribution in [0.1, 0.15) is 16.0 Å². The van der Waals surface area contributed by atoms with Gasteiger partial charge in [0.05, 0.1) is 18.7 Å². The molecule has 0 aliphatic rings. The maximum Gasteiger partial charge on any atom is 0.160 e. The van der Waals surface area contributed by atoms with Crippen LogP contribution < -0.4 is 10.2 Å². The number of hydrogen-bond acceptors (Lipinski definition) is 7. The first-order chi connectivity index (χ1) is 11.1. The molecule has 0 aliphatic heterocycles. The number of aromatic nitrogens is 2. The lowest BCUT2D eigenvalue weighted by Gasteiger charge is -2.04. The molecular weight excluding hydrogens is 312 g/mol. The number of benzene rings is 1. The molecule has 1 aromatic carbocycles. The molecule has 0 fully saturated rings. The molecule has 2 N–H and O–H groups in total. The van der Waals surface area contributed by atoms with Gasteiger partial charge in [-0.1, -0.05) is 0 Å². The van der Waals surface area contributed by atoms with Crippen molar-refractivity contribution in [2.45, 2.75) is 13.8 Å². The highest BCUT2D eigenvalue weighted by Crippen LogP contribution is 2.32. The van der Waals surface area contributed by atoms with Gasteiger partial charge in [-0.2, -0.15) is 5.10 Å². The summed E-state index contributed by atoms with van der Waals surface area (Å²) in [6.45, 7) is 4.11. The molecule has 0 aliphatic carbocycles. The van der Waals surface area contributed by atoms with E-state index in [9.17, 15) is 5.11 Å². The van der Waals surface area contributed by atoms with Crippen LogP contribution in [-0.4, -0.2) is 28.4 Å². The number of thiophene rings is 1. The van der Waals surface area contributed by atoms with Crippen LogP contribution >= 0.6 is 11.3 Å². The molecule has 2 aromatic heterocycles. The van der Waals surface area contributed by atoms with Crippen molar-refractivity contribution in [2.75, 3.05) is 12.5 Å². The molecule has 0 spiro atoms. The van der Waals surface area contributed by atoms with Gasteiger partial charge in [0.2, 0.25) is 0 Å². The van der Waals surface area contributed by atoms with Crippen LogP contribution in [0.4, 0.5) is 5.82 Å². The minimum atomic E-state index is 0.0742. The predicted octanol–water partition coefficient (Wildman–Crippen LogP) is 3.47. The zero-order valence-corrected chi connectivity index (χ0v) is 13.8. The van der Waals surface area contributed by atoms with E-state index in [1.54, 1.807) is 35.8 Å². The molecule has 2 heterocycles. The Morgan fingerprint density at radius 3 is 2.87 bits per heavy atom. The number of rotatable bonds is 4. The minimum absolute atomic E-state index is 0.0742. The highest BCUT2D eigenvalue weighted by Gasteiger charge is 2.11. The lowest BCUT2D eigenvalue weighted by molar-refractivity contribution is 0.373. The number of phenolic OH excluding ortho intramolecular Hbond substituents is 1. The SMILES string of the molecule is COc1ccc(/C=N\Nc2ncnc3sc(C)c(C)c23)cc1O. The van der Waals surface area contributed by atoms with E-state index in [4.69, 9.17) is 4.74 Å². The molecule has 0 amide bonds. The Balaban J connectivity index is 1.84. The van der Waals surface area contributed by atoms with Gasteiger partial charge in [0.15, 0.2) is 17.3 Å². The molecule has 118 valence electrons. The number of anilines is 1. The highest BCUT2D eigenvalue weighted by molar-refractivity contribution is 7.18. The van der Waals surface area contributed by atoms with Crippen molar-refractivity contribution in [3.8, 4) is 11.5 Å². The quantitative estimate of drug-likeness (QED) is 0.566. The van der Waals surface area contributed by atoms with E-state index in [1.165, 1.54) is 18.3 Å². The van der Waals surface area contributed by atoms with Crippen LogP contribution in [0.15, 0.2) is 29.6 Å². The third-order valence-electron chi connectivity index (χ3n) is 3.55. The van der Waals surface area contributed by atoms with Gasteiger partial charge in [0, 0.05) is 4.88 Å². The highest BCUT2D eigenvalue weighted by atomic mass is 32.1. The summed E-state index contributed by atoms with van der Waals surface area (Å²) in [5.41, 5.74) is 4.86. The Morgan fingerprint density at radius 1 is 1.30 bits per heavy atom. The summed E-state index contributed by atoms with van der Waals surface area (Å²) in [4.78, 5) is 10.7. The minimum Gasteiger partial charge on any atom is -0.504 e. The molecule has 0 unspecified atom stereocenters. The summed E-state index contributed by atoms with van der Waals surface area (Å²) in [7, 11) is 1.51. The molecule has 0 saturated heterocycles. The van der Waals surface area contributed by atoms with Crippen LogP contribution in [0, 0.1) is 13.8 Å². The molecule has 23 heavy (non-hydrogen) atoms. The molecule has 0 saturated carbocycles. The normalized spacial score (nSPS) is 11.3. The predicted molar refractivity (Wildman–Crippen MR) is 92.8 cm³/mol. The van der Waals surface area contributed by atoms with E-state index in [0.29, 0.717) is 11.6 Å². The fourth-order valence-electron chi connectivity index (χ4n) is 2.22. The Kier molecular flexibility index (Phi) is 4.12. The van der Waals surface area contributed by atoms with Crippen LogP contribution in [0.5, 0.6) is 11.5 Å². The number of phenols is 1. The maximum atomic E-state index is 9.76. The van der Waals surface area contributed by atoms with Gasteiger partial charge in [-0.15, -0.1) is 11.3 Å². The summed E-state index contributed by atoms with van der Waals surface area (Å²) >= 11 is 1.64. The topological polar surface area (TPSA) is 79.6 Å². The molecule has 7 heteroatoms. The van der Waals surface area contributed by atoms with E-state index in [2.05, 4.69) is 27.4 Å². The van der Waals surface area contributed by atoms with Crippen molar-refractivity contribution in [3.63, 3.8) is 0 Å². The molecule has 3 rings (SSSR count). The first kappa shape index (κ1) is 15.2. The number of aromatic hydroxyl groups is 1. The van der Waals surface area contributed by atoms with Gasteiger partial charge in [-0.25, -0.2) is 9.97 Å². The first-order valence-electron chi connectivity index (χ1n) is 6.97. The number of aryl methyl sites for hydroxylation is 2. The van der Waals surface area contributed by atoms with Crippen molar-refractivity contribution in [3.05, 3.63) is 40.5 Å². The van der Waals surface area contributed by atoms with Crippen molar-refractivity contribution in [1.82, 2.24) is 9.97 Å². The van der Waals surface area contributed by atoms with Gasteiger partial charge in [0.1, 0.15) is 11.2 Å². The van der Waals surface area contributed by atoms with Crippen LogP contribution in [0.3, 0.4) is 0 Å². The molecule has 6 nitrogen and oxygen atoms in total. The second-order valence-corrected chi connectivity index (χ2v) is 6.19. The number of fused-ring (bicyclic) bond motifs is 1. The molecule has 0 radical (unpaired) electrons. The number of nitrogens with zero attached hydrogens (tertiary/aromatic N) is 3. The number of hydrogen-bond donors (Lipinski definition) is 2. The van der Waals surface area contributed by atoms with E-state index in [1.807, 2.05) is 6.92 Å². The summed E-state index contributed by atoms with van der Waals surface area (Å²) in [6.07, 6.45) is 3.14. The molecule has 0 bridgehead atoms. The van der Waals surface area contributed by atoms with E-state index < -0.39 is 0 Å². The van der Waals surface area contributed by atoms with Crippen molar-refractivity contribution >= 4 is 33.6 Å². The van der Waals surface area contributed by atoms with Gasteiger partial charge in [-0.05, 0) is 43.2 Å².